The Hall–Kier alpha value is -2.94. The lowest BCUT2D eigenvalue weighted by Gasteiger charge is -2.11. The van der Waals surface area contributed by atoms with Crippen LogP contribution in [0.1, 0.15) is 18.6 Å². The molecule has 0 unspecified atom stereocenters. The number of ether oxygens (including phenoxy) is 2. The molecule has 9 heteroatoms. The second-order valence-corrected chi connectivity index (χ2v) is 7.24. The third-order valence-electron chi connectivity index (χ3n) is 4.27. The first kappa shape index (κ1) is 19.8. The van der Waals surface area contributed by atoms with Gasteiger partial charge in [0.05, 0.1) is 32.4 Å². The van der Waals surface area contributed by atoms with Crippen molar-refractivity contribution in [1.29, 1.82) is 0 Å². The number of methoxy groups -OCH3 is 2. The van der Waals surface area contributed by atoms with E-state index in [1.807, 2.05) is 44.4 Å². The van der Waals surface area contributed by atoms with Crippen LogP contribution in [0, 0.1) is 19.8 Å². The fourth-order valence-corrected chi connectivity index (χ4v) is 3.49. The van der Waals surface area contributed by atoms with Gasteiger partial charge >= 0.3 is 0 Å². The summed E-state index contributed by atoms with van der Waals surface area (Å²) in [5, 5.41) is 9.63. The molecule has 0 spiro atoms. The standard InChI is InChI=1S/C19H23N5O3S/c1-11(9-24-13(3)20-12(2)23-24)18(25)22-19-21-15(10-28-19)14-6-7-16(26-4)17(8-14)27-5/h6-8,10-11H,9H2,1-5H3,(H,21,22,25)/t11-/m1/s1. The maximum Gasteiger partial charge on any atom is 0.230 e. The van der Waals surface area contributed by atoms with Gasteiger partial charge in [-0.15, -0.1) is 11.3 Å². The Morgan fingerprint density at radius 3 is 2.61 bits per heavy atom. The zero-order valence-corrected chi connectivity index (χ0v) is 17.3. The second kappa shape index (κ2) is 8.39. The van der Waals surface area contributed by atoms with Gasteiger partial charge in [-0.2, -0.15) is 5.10 Å². The van der Waals surface area contributed by atoms with Gasteiger partial charge < -0.3 is 14.8 Å². The van der Waals surface area contributed by atoms with E-state index in [-0.39, 0.29) is 11.8 Å². The quantitative estimate of drug-likeness (QED) is 0.653. The number of aryl methyl sites for hydroxylation is 2. The molecule has 0 bridgehead atoms. The Morgan fingerprint density at radius 1 is 1.21 bits per heavy atom. The van der Waals surface area contributed by atoms with Crippen molar-refractivity contribution in [3.8, 4) is 22.8 Å². The van der Waals surface area contributed by atoms with Gasteiger partial charge in [0.1, 0.15) is 11.6 Å². The van der Waals surface area contributed by atoms with E-state index in [4.69, 9.17) is 9.47 Å². The van der Waals surface area contributed by atoms with Crippen molar-refractivity contribution in [3.05, 3.63) is 35.2 Å². The number of carbonyl (C=O) groups excluding carboxylic acids is 1. The van der Waals surface area contributed by atoms with Gasteiger partial charge in [-0.1, -0.05) is 6.92 Å². The molecule has 3 rings (SSSR count). The summed E-state index contributed by atoms with van der Waals surface area (Å²) < 4.78 is 12.3. The van der Waals surface area contributed by atoms with Crippen LogP contribution < -0.4 is 14.8 Å². The number of thiazole rings is 1. The number of anilines is 1. The van der Waals surface area contributed by atoms with Crippen LogP contribution >= 0.6 is 11.3 Å². The maximum absolute atomic E-state index is 12.5. The normalized spacial score (nSPS) is 11.9. The number of hydrogen-bond acceptors (Lipinski definition) is 7. The largest absolute Gasteiger partial charge is 0.493 e. The number of nitrogens with one attached hydrogen (secondary N) is 1. The predicted molar refractivity (Wildman–Crippen MR) is 108 cm³/mol. The molecule has 1 amide bonds. The maximum atomic E-state index is 12.5. The minimum atomic E-state index is -0.270. The Labute approximate surface area is 167 Å². The number of nitrogens with zero attached hydrogens (tertiary/aromatic N) is 4. The monoisotopic (exact) mass is 401 g/mol. The highest BCUT2D eigenvalue weighted by Gasteiger charge is 2.18. The number of hydrogen-bond donors (Lipinski definition) is 1. The van der Waals surface area contributed by atoms with E-state index in [9.17, 15) is 4.79 Å². The summed E-state index contributed by atoms with van der Waals surface area (Å²) in [7, 11) is 3.19. The highest BCUT2D eigenvalue weighted by molar-refractivity contribution is 7.14. The zero-order valence-electron chi connectivity index (χ0n) is 16.5. The number of aromatic nitrogens is 4. The molecule has 1 N–H and O–H groups in total. The summed E-state index contributed by atoms with van der Waals surface area (Å²) in [6, 6.07) is 5.59. The Bertz CT molecular complexity index is 982. The Kier molecular flexibility index (Phi) is 5.93. The van der Waals surface area contributed by atoms with Crippen molar-refractivity contribution >= 4 is 22.4 Å². The molecule has 2 aromatic heterocycles. The van der Waals surface area contributed by atoms with E-state index in [1.54, 1.807) is 18.9 Å². The molecule has 0 fully saturated rings. The molecule has 148 valence electrons. The van der Waals surface area contributed by atoms with E-state index in [0.717, 1.165) is 17.1 Å². The third-order valence-corrected chi connectivity index (χ3v) is 5.03. The SMILES string of the molecule is COc1ccc(-c2csc(NC(=O)[C@H](C)Cn3nc(C)nc3C)n2)cc1OC. The van der Waals surface area contributed by atoms with Gasteiger partial charge in [-0.25, -0.2) is 14.6 Å². The lowest BCUT2D eigenvalue weighted by atomic mass is 10.1. The number of benzene rings is 1. The minimum Gasteiger partial charge on any atom is -0.493 e. The van der Waals surface area contributed by atoms with Crippen molar-refractivity contribution < 1.29 is 14.3 Å². The van der Waals surface area contributed by atoms with Crippen molar-refractivity contribution in [2.24, 2.45) is 5.92 Å². The van der Waals surface area contributed by atoms with Gasteiger partial charge in [0.25, 0.3) is 0 Å². The lowest BCUT2D eigenvalue weighted by Crippen LogP contribution is -2.25. The van der Waals surface area contributed by atoms with Gasteiger partial charge in [0, 0.05) is 10.9 Å². The molecule has 0 saturated heterocycles. The number of carbonyl (C=O) groups is 1. The average Bonchev–Trinajstić information content (AvgIpc) is 3.27. The molecule has 8 nitrogen and oxygen atoms in total. The number of rotatable bonds is 7. The van der Waals surface area contributed by atoms with Gasteiger partial charge in [0.2, 0.25) is 5.91 Å². The van der Waals surface area contributed by atoms with E-state index < -0.39 is 0 Å². The highest BCUT2D eigenvalue weighted by Crippen LogP contribution is 2.33. The van der Waals surface area contributed by atoms with Crippen LogP contribution in [0.15, 0.2) is 23.6 Å². The molecule has 0 radical (unpaired) electrons. The lowest BCUT2D eigenvalue weighted by molar-refractivity contribution is -0.119. The smallest absolute Gasteiger partial charge is 0.230 e. The van der Waals surface area contributed by atoms with E-state index in [1.165, 1.54) is 11.3 Å². The second-order valence-electron chi connectivity index (χ2n) is 6.39. The molecule has 3 aromatic rings. The molecule has 0 aliphatic carbocycles. The summed E-state index contributed by atoms with van der Waals surface area (Å²) in [6.07, 6.45) is 0. The molecule has 0 aliphatic rings. The average molecular weight is 401 g/mol. The Balaban J connectivity index is 1.68. The third kappa shape index (κ3) is 4.30. The summed E-state index contributed by atoms with van der Waals surface area (Å²) >= 11 is 1.38. The van der Waals surface area contributed by atoms with Crippen LogP contribution in [0.4, 0.5) is 5.13 Å². The molecule has 1 atom stereocenters. The molecule has 0 saturated carbocycles. The first-order valence-corrected chi connectivity index (χ1v) is 9.66. The minimum absolute atomic E-state index is 0.110. The van der Waals surface area contributed by atoms with Crippen molar-refractivity contribution in [3.63, 3.8) is 0 Å². The molecule has 28 heavy (non-hydrogen) atoms. The summed E-state index contributed by atoms with van der Waals surface area (Å²) in [4.78, 5) is 21.3. The van der Waals surface area contributed by atoms with Gasteiger partial charge in [-0.3, -0.25) is 4.79 Å². The van der Waals surface area contributed by atoms with E-state index in [2.05, 4.69) is 20.4 Å². The highest BCUT2D eigenvalue weighted by atomic mass is 32.1. The molecule has 0 aliphatic heterocycles. The van der Waals surface area contributed by atoms with Gasteiger partial charge in [0.15, 0.2) is 16.6 Å². The first-order chi connectivity index (χ1) is 13.4. The van der Waals surface area contributed by atoms with Crippen LogP contribution in [0.3, 0.4) is 0 Å². The number of amides is 1. The van der Waals surface area contributed by atoms with Crippen LogP contribution in [-0.4, -0.2) is 39.9 Å². The summed E-state index contributed by atoms with van der Waals surface area (Å²) in [6.45, 7) is 6.03. The molecular formula is C19H23N5O3S. The zero-order chi connectivity index (χ0) is 20.3. The molecular weight excluding hydrogens is 378 g/mol. The first-order valence-electron chi connectivity index (χ1n) is 8.78. The molecule has 2 heterocycles. The summed E-state index contributed by atoms with van der Waals surface area (Å²) in [5.74, 6) is 2.40. The van der Waals surface area contributed by atoms with Crippen molar-refractivity contribution in [2.75, 3.05) is 19.5 Å². The van der Waals surface area contributed by atoms with Crippen LogP contribution in [0.25, 0.3) is 11.3 Å². The summed E-state index contributed by atoms with van der Waals surface area (Å²) in [5.41, 5.74) is 1.65. The van der Waals surface area contributed by atoms with Crippen LogP contribution in [-0.2, 0) is 11.3 Å². The predicted octanol–water partition coefficient (Wildman–Crippen LogP) is 3.31. The molecule has 1 aromatic carbocycles. The van der Waals surface area contributed by atoms with E-state index in [0.29, 0.717) is 29.0 Å². The van der Waals surface area contributed by atoms with E-state index >= 15 is 0 Å². The van der Waals surface area contributed by atoms with Crippen molar-refractivity contribution in [2.45, 2.75) is 27.3 Å². The van der Waals surface area contributed by atoms with Crippen molar-refractivity contribution in [1.82, 2.24) is 19.7 Å². The fourth-order valence-electron chi connectivity index (χ4n) is 2.76. The fraction of sp³-hybridized carbons (Fsp3) is 0.368. The van der Waals surface area contributed by atoms with Crippen LogP contribution in [0.2, 0.25) is 0 Å². The van der Waals surface area contributed by atoms with Gasteiger partial charge in [-0.05, 0) is 32.0 Å². The topological polar surface area (TPSA) is 91.2 Å². The Morgan fingerprint density at radius 2 is 1.96 bits per heavy atom. The van der Waals surface area contributed by atoms with Crippen LogP contribution in [0.5, 0.6) is 11.5 Å².